The normalized spacial score (nSPS) is 12.5. The molecule has 0 unspecified atom stereocenters. The molecule has 7 nitrogen and oxygen atoms in total. The Hall–Kier alpha value is -2.16. The molecule has 2 N–H and O–H groups in total. The number of hydrogen-bond donors (Lipinski definition) is 2. The number of benzene rings is 1. The smallest absolute Gasteiger partial charge is 0.411 e. The number of carbonyl (C=O) groups is 1. The first-order valence-electron chi connectivity index (χ1n) is 7.77. The summed E-state index contributed by atoms with van der Waals surface area (Å²) < 4.78 is 32.5. The molecular formula is C17H20ClN3O4S. The standard InChI is InChI=1S/C17H20ClN3O4S/c1-17(2,3)25-16(22)20-9-5-10-21-26(23,24)14-7-4-6-13-12(14)8-11-19-15(13)18/h4-9,11,21H,10H2,1-3H3,(H,20,22). The molecule has 2 rings (SSSR count). The minimum absolute atomic E-state index is 0.00661. The van der Waals surface area contributed by atoms with E-state index in [0.717, 1.165) is 0 Å². The van der Waals surface area contributed by atoms with Crippen molar-refractivity contribution in [1.29, 1.82) is 0 Å². The number of aromatic nitrogens is 1. The molecular weight excluding hydrogens is 378 g/mol. The number of amides is 1. The van der Waals surface area contributed by atoms with E-state index in [1.165, 1.54) is 24.5 Å². The van der Waals surface area contributed by atoms with Crippen molar-refractivity contribution >= 4 is 38.5 Å². The Morgan fingerprint density at radius 1 is 1.27 bits per heavy atom. The number of hydrogen-bond acceptors (Lipinski definition) is 5. The largest absolute Gasteiger partial charge is 0.444 e. The number of fused-ring (bicyclic) bond motifs is 1. The fraction of sp³-hybridized carbons (Fsp3) is 0.294. The van der Waals surface area contributed by atoms with Gasteiger partial charge < -0.3 is 4.74 Å². The number of nitrogens with one attached hydrogen (secondary N) is 2. The van der Waals surface area contributed by atoms with Crippen molar-refractivity contribution in [3.05, 3.63) is 47.9 Å². The molecule has 9 heteroatoms. The zero-order chi connectivity index (χ0) is 19.4. The number of nitrogens with zero attached hydrogens (tertiary/aromatic N) is 1. The first-order chi connectivity index (χ1) is 12.1. The number of ether oxygens (including phenoxy) is 1. The Bertz CT molecular complexity index is 937. The Labute approximate surface area is 157 Å². The van der Waals surface area contributed by atoms with Gasteiger partial charge in [-0.25, -0.2) is 22.9 Å². The van der Waals surface area contributed by atoms with Gasteiger partial charge in [-0.2, -0.15) is 0 Å². The summed E-state index contributed by atoms with van der Waals surface area (Å²) in [5, 5.41) is 3.67. The second-order valence-electron chi connectivity index (χ2n) is 6.35. The molecule has 1 heterocycles. The van der Waals surface area contributed by atoms with Gasteiger partial charge in [0.15, 0.2) is 0 Å². The van der Waals surface area contributed by atoms with Gasteiger partial charge in [0.05, 0.1) is 4.90 Å². The van der Waals surface area contributed by atoms with E-state index >= 15 is 0 Å². The molecule has 0 aliphatic heterocycles. The third-order valence-corrected chi connectivity index (χ3v) is 4.90. The molecule has 0 fully saturated rings. The summed E-state index contributed by atoms with van der Waals surface area (Å²) in [4.78, 5) is 15.5. The molecule has 140 valence electrons. The summed E-state index contributed by atoms with van der Waals surface area (Å²) in [6.45, 7) is 5.23. The van der Waals surface area contributed by atoms with E-state index in [1.807, 2.05) is 0 Å². The van der Waals surface area contributed by atoms with Gasteiger partial charge in [-0.3, -0.25) is 5.32 Å². The number of halogens is 1. The molecule has 1 amide bonds. The zero-order valence-corrected chi connectivity index (χ0v) is 16.2. The number of sulfonamides is 1. The molecule has 2 aromatic rings. The van der Waals surface area contributed by atoms with Crippen LogP contribution in [0.4, 0.5) is 4.79 Å². The summed E-state index contributed by atoms with van der Waals surface area (Å²) in [6, 6.07) is 6.39. The minimum atomic E-state index is -3.76. The topological polar surface area (TPSA) is 97.4 Å². The summed E-state index contributed by atoms with van der Waals surface area (Å²) in [6.07, 6.45) is 3.61. The lowest BCUT2D eigenvalue weighted by atomic mass is 10.2. The van der Waals surface area contributed by atoms with Crippen LogP contribution in [-0.4, -0.2) is 31.6 Å². The van der Waals surface area contributed by atoms with Crippen molar-refractivity contribution in [2.45, 2.75) is 31.3 Å². The highest BCUT2D eigenvalue weighted by Crippen LogP contribution is 2.26. The molecule has 0 aliphatic carbocycles. The molecule has 26 heavy (non-hydrogen) atoms. The lowest BCUT2D eigenvalue weighted by Gasteiger charge is -2.18. The summed E-state index contributed by atoms with van der Waals surface area (Å²) in [5.74, 6) is 0. The summed E-state index contributed by atoms with van der Waals surface area (Å²) >= 11 is 6.01. The van der Waals surface area contributed by atoms with E-state index in [9.17, 15) is 13.2 Å². The van der Waals surface area contributed by atoms with Crippen molar-refractivity contribution in [2.75, 3.05) is 6.54 Å². The SMILES string of the molecule is CC(C)(C)OC(=O)NC=CCNS(=O)(=O)c1cccc2c(Cl)nccc12. The maximum Gasteiger partial charge on any atom is 0.411 e. The van der Waals surface area contributed by atoms with Crippen molar-refractivity contribution in [1.82, 2.24) is 15.0 Å². The maximum atomic E-state index is 12.5. The van der Waals surface area contributed by atoms with Gasteiger partial charge in [-0.1, -0.05) is 29.8 Å². The van der Waals surface area contributed by atoms with Crippen LogP contribution in [-0.2, 0) is 14.8 Å². The molecule has 0 atom stereocenters. The van der Waals surface area contributed by atoms with Crippen molar-refractivity contribution in [3.8, 4) is 0 Å². The van der Waals surface area contributed by atoms with E-state index in [4.69, 9.17) is 16.3 Å². The van der Waals surface area contributed by atoms with Crippen LogP contribution in [0.5, 0.6) is 0 Å². The van der Waals surface area contributed by atoms with Gasteiger partial charge in [0.2, 0.25) is 10.0 Å². The van der Waals surface area contributed by atoms with Gasteiger partial charge >= 0.3 is 6.09 Å². The van der Waals surface area contributed by atoms with Gasteiger partial charge in [0, 0.05) is 29.7 Å². The predicted octanol–water partition coefficient (Wildman–Crippen LogP) is 3.20. The van der Waals surface area contributed by atoms with Gasteiger partial charge in [-0.05, 0) is 32.9 Å². The third kappa shape index (κ3) is 5.42. The number of rotatable bonds is 5. The van der Waals surface area contributed by atoms with E-state index in [1.54, 1.807) is 39.0 Å². The van der Waals surface area contributed by atoms with E-state index in [-0.39, 0.29) is 16.6 Å². The average molecular weight is 398 g/mol. The quantitative estimate of drug-likeness (QED) is 0.755. The van der Waals surface area contributed by atoms with Crippen molar-refractivity contribution in [2.24, 2.45) is 0 Å². The highest BCUT2D eigenvalue weighted by molar-refractivity contribution is 7.89. The monoisotopic (exact) mass is 397 g/mol. The molecule has 1 aromatic heterocycles. The Morgan fingerprint density at radius 2 is 2.00 bits per heavy atom. The molecule has 0 bridgehead atoms. The van der Waals surface area contributed by atoms with Crippen LogP contribution in [0.25, 0.3) is 10.8 Å². The molecule has 0 radical (unpaired) electrons. The van der Waals surface area contributed by atoms with Crippen LogP contribution in [0.1, 0.15) is 20.8 Å². The van der Waals surface area contributed by atoms with Crippen LogP contribution in [0, 0.1) is 0 Å². The fourth-order valence-electron chi connectivity index (χ4n) is 2.11. The molecule has 0 aliphatic rings. The Balaban J connectivity index is 2.03. The zero-order valence-electron chi connectivity index (χ0n) is 14.6. The van der Waals surface area contributed by atoms with Gasteiger partial charge in [0.25, 0.3) is 0 Å². The number of pyridine rings is 1. The molecule has 0 saturated carbocycles. The van der Waals surface area contributed by atoms with Crippen LogP contribution >= 0.6 is 11.6 Å². The van der Waals surface area contributed by atoms with Crippen molar-refractivity contribution in [3.63, 3.8) is 0 Å². The van der Waals surface area contributed by atoms with Crippen LogP contribution in [0.15, 0.2) is 47.6 Å². The van der Waals surface area contributed by atoms with E-state index in [2.05, 4.69) is 15.0 Å². The van der Waals surface area contributed by atoms with Gasteiger partial charge in [0.1, 0.15) is 10.8 Å². The molecule has 0 saturated heterocycles. The number of carbonyl (C=O) groups excluding carboxylic acids is 1. The first-order valence-corrected chi connectivity index (χ1v) is 9.64. The minimum Gasteiger partial charge on any atom is -0.444 e. The lowest BCUT2D eigenvalue weighted by molar-refractivity contribution is 0.0552. The van der Waals surface area contributed by atoms with Crippen LogP contribution in [0.2, 0.25) is 5.15 Å². The number of alkyl carbamates (subject to hydrolysis) is 1. The molecule has 0 spiro atoms. The van der Waals surface area contributed by atoms with Crippen molar-refractivity contribution < 1.29 is 17.9 Å². The molecule has 1 aromatic carbocycles. The van der Waals surface area contributed by atoms with Crippen LogP contribution < -0.4 is 10.0 Å². The van der Waals surface area contributed by atoms with E-state index in [0.29, 0.717) is 10.8 Å². The average Bonchev–Trinajstić information content (AvgIpc) is 2.52. The predicted molar refractivity (Wildman–Crippen MR) is 100 cm³/mol. The highest BCUT2D eigenvalue weighted by Gasteiger charge is 2.17. The highest BCUT2D eigenvalue weighted by atomic mass is 35.5. The lowest BCUT2D eigenvalue weighted by Crippen LogP contribution is -2.30. The van der Waals surface area contributed by atoms with E-state index < -0.39 is 21.7 Å². The van der Waals surface area contributed by atoms with Crippen LogP contribution in [0.3, 0.4) is 0 Å². The fourth-order valence-corrected chi connectivity index (χ4v) is 3.52. The van der Waals surface area contributed by atoms with Gasteiger partial charge in [-0.15, -0.1) is 0 Å². The Kier molecular flexibility index (Phi) is 6.22. The summed E-state index contributed by atoms with van der Waals surface area (Å²) in [7, 11) is -3.76. The second kappa shape index (κ2) is 8.03. The Morgan fingerprint density at radius 3 is 2.69 bits per heavy atom. The first kappa shape index (κ1) is 20.2. The maximum absolute atomic E-state index is 12.5. The summed E-state index contributed by atoms with van der Waals surface area (Å²) in [5.41, 5.74) is -0.607. The third-order valence-electron chi connectivity index (χ3n) is 3.12. The second-order valence-corrected chi connectivity index (χ2v) is 8.45.